The number of hydrogen-bond donors (Lipinski definition) is 0. The molecule has 1 aromatic heterocycles. The van der Waals surface area contributed by atoms with Gasteiger partial charge in [-0.15, -0.1) is 0 Å². The van der Waals surface area contributed by atoms with E-state index in [1.165, 1.54) is 6.42 Å². The molecule has 1 amide bonds. The maximum Gasteiger partial charge on any atom is 0.248 e. The summed E-state index contributed by atoms with van der Waals surface area (Å²) in [5.41, 5.74) is 0. The number of nitrogens with zero attached hydrogens (tertiary/aromatic N) is 4. The highest BCUT2D eigenvalue weighted by Crippen LogP contribution is 2.41. The Morgan fingerprint density at radius 2 is 2.27 bits per heavy atom. The lowest BCUT2D eigenvalue weighted by Gasteiger charge is -2.30. The minimum Gasteiger partial charge on any atom is -0.372 e. The van der Waals surface area contributed by atoms with Gasteiger partial charge in [-0.25, -0.2) is 4.98 Å². The van der Waals surface area contributed by atoms with Crippen LogP contribution in [0.3, 0.4) is 0 Å². The average molecular weight is 304 g/mol. The Balaban J connectivity index is 1.64. The van der Waals surface area contributed by atoms with Crippen molar-refractivity contribution in [3.63, 3.8) is 0 Å². The van der Waals surface area contributed by atoms with Gasteiger partial charge in [-0.3, -0.25) is 9.78 Å². The van der Waals surface area contributed by atoms with Gasteiger partial charge in [0.1, 0.15) is 12.4 Å². The predicted octanol–water partition coefficient (Wildman–Crippen LogP) is 1.19. The molecule has 6 nitrogen and oxygen atoms in total. The number of anilines is 1. The fourth-order valence-corrected chi connectivity index (χ4v) is 3.85. The minimum atomic E-state index is 0.122. The first-order valence-electron chi connectivity index (χ1n) is 8.05. The van der Waals surface area contributed by atoms with E-state index >= 15 is 0 Å². The quantitative estimate of drug-likeness (QED) is 0.818. The summed E-state index contributed by atoms with van der Waals surface area (Å²) < 4.78 is 5.25. The van der Waals surface area contributed by atoms with E-state index in [2.05, 4.69) is 21.9 Å². The van der Waals surface area contributed by atoms with Crippen molar-refractivity contribution in [2.75, 3.05) is 38.3 Å². The molecule has 3 rings (SSSR count). The number of ether oxygens (including phenoxy) is 1. The van der Waals surface area contributed by atoms with Crippen LogP contribution in [0.15, 0.2) is 18.6 Å². The van der Waals surface area contributed by atoms with Gasteiger partial charge in [0, 0.05) is 51.1 Å². The zero-order valence-corrected chi connectivity index (χ0v) is 13.3. The lowest BCUT2D eigenvalue weighted by molar-refractivity contribution is -0.135. The van der Waals surface area contributed by atoms with Crippen molar-refractivity contribution in [3.8, 4) is 0 Å². The van der Waals surface area contributed by atoms with Crippen LogP contribution in [-0.2, 0) is 9.53 Å². The Morgan fingerprint density at radius 3 is 3.00 bits per heavy atom. The second kappa shape index (κ2) is 6.60. The van der Waals surface area contributed by atoms with Crippen molar-refractivity contribution >= 4 is 11.7 Å². The number of hydrogen-bond acceptors (Lipinski definition) is 5. The van der Waals surface area contributed by atoms with Gasteiger partial charge in [-0.05, 0) is 25.7 Å². The molecule has 22 heavy (non-hydrogen) atoms. The van der Waals surface area contributed by atoms with E-state index < -0.39 is 0 Å². The smallest absolute Gasteiger partial charge is 0.248 e. The molecule has 120 valence electrons. The molecule has 0 bridgehead atoms. The van der Waals surface area contributed by atoms with Crippen LogP contribution in [0.2, 0.25) is 0 Å². The highest BCUT2D eigenvalue weighted by atomic mass is 16.5. The monoisotopic (exact) mass is 304 g/mol. The zero-order valence-electron chi connectivity index (χ0n) is 13.3. The predicted molar refractivity (Wildman–Crippen MR) is 83.5 cm³/mol. The second-order valence-electron chi connectivity index (χ2n) is 6.18. The Kier molecular flexibility index (Phi) is 4.57. The van der Waals surface area contributed by atoms with Gasteiger partial charge in [0.25, 0.3) is 0 Å². The highest BCUT2D eigenvalue weighted by molar-refractivity contribution is 5.77. The summed E-state index contributed by atoms with van der Waals surface area (Å²) in [4.78, 5) is 24.9. The van der Waals surface area contributed by atoms with Crippen molar-refractivity contribution in [2.24, 2.45) is 11.8 Å². The Hall–Kier alpha value is -1.69. The van der Waals surface area contributed by atoms with Crippen molar-refractivity contribution in [1.82, 2.24) is 14.9 Å². The highest BCUT2D eigenvalue weighted by Gasteiger charge is 2.45. The second-order valence-corrected chi connectivity index (χ2v) is 6.18. The molecule has 0 aromatic carbocycles. The summed E-state index contributed by atoms with van der Waals surface area (Å²) in [7, 11) is 2.09. The number of carbonyl (C=O) groups excluding carboxylic acids is 1. The van der Waals surface area contributed by atoms with E-state index in [0.717, 1.165) is 25.3 Å². The van der Waals surface area contributed by atoms with Crippen LogP contribution in [0.1, 0.15) is 19.8 Å². The average Bonchev–Trinajstić information content (AvgIpc) is 3.13. The molecule has 3 atom stereocenters. The molecule has 1 saturated heterocycles. The molecule has 2 fully saturated rings. The molecule has 1 aliphatic heterocycles. The van der Waals surface area contributed by atoms with Crippen molar-refractivity contribution in [3.05, 3.63) is 18.6 Å². The van der Waals surface area contributed by atoms with Gasteiger partial charge in [0.05, 0.1) is 6.20 Å². The Morgan fingerprint density at radius 1 is 1.41 bits per heavy atom. The number of carbonyl (C=O) groups is 1. The summed E-state index contributed by atoms with van der Waals surface area (Å²) in [6.45, 7) is 4.43. The summed E-state index contributed by atoms with van der Waals surface area (Å²) in [5.74, 6) is 2.16. The summed E-state index contributed by atoms with van der Waals surface area (Å²) in [6.07, 6.45) is 7.57. The number of rotatable bonds is 5. The van der Waals surface area contributed by atoms with Crippen LogP contribution in [-0.4, -0.2) is 60.2 Å². The van der Waals surface area contributed by atoms with Gasteiger partial charge >= 0.3 is 0 Å². The third-order valence-corrected chi connectivity index (χ3v) is 5.01. The van der Waals surface area contributed by atoms with Crippen LogP contribution < -0.4 is 4.90 Å². The summed E-state index contributed by atoms with van der Waals surface area (Å²) in [6, 6.07) is 0.437. The molecule has 0 unspecified atom stereocenters. The molecular weight excluding hydrogens is 280 g/mol. The third kappa shape index (κ3) is 2.92. The van der Waals surface area contributed by atoms with Gasteiger partial charge in [-0.1, -0.05) is 0 Å². The largest absolute Gasteiger partial charge is 0.372 e. The van der Waals surface area contributed by atoms with E-state index in [1.807, 2.05) is 11.8 Å². The molecule has 2 heterocycles. The number of likely N-dealkylation sites (tertiary alicyclic amines) is 1. The van der Waals surface area contributed by atoms with Gasteiger partial charge < -0.3 is 14.5 Å². The van der Waals surface area contributed by atoms with Crippen LogP contribution >= 0.6 is 0 Å². The number of aromatic nitrogens is 2. The lowest BCUT2D eigenvalue weighted by atomic mass is 9.97. The fraction of sp³-hybridized carbons (Fsp3) is 0.688. The van der Waals surface area contributed by atoms with E-state index in [4.69, 9.17) is 4.74 Å². The SMILES string of the molecule is CCOCC(=O)N1C[C@H]2CC[C@@H](N(C)c3cnccn3)[C@H]2C1. The van der Waals surface area contributed by atoms with Gasteiger partial charge in [-0.2, -0.15) is 0 Å². The molecule has 1 saturated carbocycles. The van der Waals surface area contributed by atoms with Crippen LogP contribution in [0.25, 0.3) is 0 Å². The van der Waals surface area contributed by atoms with Crippen LogP contribution in [0, 0.1) is 11.8 Å². The molecule has 0 radical (unpaired) electrons. The fourth-order valence-electron chi connectivity index (χ4n) is 3.85. The van der Waals surface area contributed by atoms with E-state index in [0.29, 0.717) is 24.5 Å². The number of fused-ring (bicyclic) bond motifs is 1. The molecule has 2 aliphatic rings. The minimum absolute atomic E-state index is 0.122. The lowest BCUT2D eigenvalue weighted by Crippen LogP contribution is -2.39. The molecule has 6 heteroatoms. The first kappa shape index (κ1) is 15.2. The zero-order chi connectivity index (χ0) is 15.5. The number of amides is 1. The normalized spacial score (nSPS) is 27.0. The third-order valence-electron chi connectivity index (χ3n) is 5.01. The van der Waals surface area contributed by atoms with Crippen molar-refractivity contribution in [2.45, 2.75) is 25.8 Å². The Labute approximate surface area is 131 Å². The molecule has 0 N–H and O–H groups in total. The van der Waals surface area contributed by atoms with E-state index in [1.54, 1.807) is 18.6 Å². The van der Waals surface area contributed by atoms with E-state index in [-0.39, 0.29) is 12.5 Å². The van der Waals surface area contributed by atoms with Gasteiger partial charge in [0.15, 0.2) is 0 Å². The maximum atomic E-state index is 12.1. The molecule has 0 spiro atoms. The molecular formula is C16H24N4O2. The topological polar surface area (TPSA) is 58.6 Å². The summed E-state index contributed by atoms with van der Waals surface area (Å²) in [5, 5.41) is 0. The Bertz CT molecular complexity index is 510. The van der Waals surface area contributed by atoms with Crippen molar-refractivity contribution in [1.29, 1.82) is 0 Å². The first-order chi connectivity index (χ1) is 10.7. The molecule has 1 aliphatic carbocycles. The first-order valence-corrected chi connectivity index (χ1v) is 8.05. The molecule has 1 aromatic rings. The maximum absolute atomic E-state index is 12.1. The van der Waals surface area contributed by atoms with Gasteiger partial charge in [0.2, 0.25) is 5.91 Å². The van der Waals surface area contributed by atoms with Crippen LogP contribution in [0.4, 0.5) is 5.82 Å². The van der Waals surface area contributed by atoms with Crippen molar-refractivity contribution < 1.29 is 9.53 Å². The van der Waals surface area contributed by atoms with Crippen LogP contribution in [0.5, 0.6) is 0 Å². The van der Waals surface area contributed by atoms with E-state index in [9.17, 15) is 4.79 Å². The standard InChI is InChI=1S/C16H24N4O2/c1-3-22-11-16(21)20-9-12-4-5-14(13(12)10-20)19(2)15-8-17-6-7-18-15/h6-8,12-14H,3-5,9-11H2,1-2H3/t12-,13+,14-/m1/s1. The summed E-state index contributed by atoms with van der Waals surface area (Å²) >= 11 is 0.